The fourth-order valence-corrected chi connectivity index (χ4v) is 1.39. The van der Waals surface area contributed by atoms with Gasteiger partial charge in [-0.15, -0.1) is 0 Å². The van der Waals surface area contributed by atoms with Gasteiger partial charge in [0.05, 0.1) is 19.8 Å². The van der Waals surface area contributed by atoms with E-state index in [1.807, 2.05) is 19.1 Å². The first-order valence-corrected chi connectivity index (χ1v) is 5.94. The van der Waals surface area contributed by atoms with Crippen LogP contribution in [0.3, 0.4) is 0 Å². The molecule has 0 aliphatic rings. The van der Waals surface area contributed by atoms with Crippen LogP contribution in [0.15, 0.2) is 24.3 Å². The van der Waals surface area contributed by atoms with E-state index in [2.05, 4.69) is 0 Å². The molecule has 0 amide bonds. The summed E-state index contributed by atoms with van der Waals surface area (Å²) >= 11 is 0. The zero-order valence-corrected chi connectivity index (χ0v) is 10.8. The monoisotopic (exact) mass is 257 g/mol. The molecular weight excluding hydrogens is 234 g/mol. The summed E-state index contributed by atoms with van der Waals surface area (Å²) in [6.07, 6.45) is 0. The molecule has 0 unspecified atom stereocenters. The first-order chi connectivity index (χ1) is 8.63. The number of hydrogen-bond donors (Lipinski definition) is 4. The Morgan fingerprint density at radius 2 is 1.44 bits per heavy atom. The van der Waals surface area contributed by atoms with Crippen molar-refractivity contribution in [1.82, 2.24) is 4.90 Å². The standard InChI is InChI=1S/C7H8O.C6H15NO3/c1-6-3-2-4-7(8)5-6;8-4-1-7(2-5-9)3-6-10/h2-5,8H,1H3;8-10H,1-6H2. The smallest absolute Gasteiger partial charge is 0.115 e. The van der Waals surface area contributed by atoms with E-state index < -0.39 is 0 Å². The molecule has 1 aromatic carbocycles. The highest BCUT2D eigenvalue weighted by atomic mass is 16.3. The lowest BCUT2D eigenvalue weighted by Gasteiger charge is -2.17. The van der Waals surface area contributed by atoms with Crippen LogP contribution in [0.2, 0.25) is 0 Å². The second kappa shape index (κ2) is 11.0. The highest BCUT2D eigenvalue weighted by molar-refractivity contribution is 5.25. The van der Waals surface area contributed by atoms with E-state index in [1.54, 1.807) is 17.0 Å². The number of aromatic hydroxyl groups is 1. The van der Waals surface area contributed by atoms with Gasteiger partial charge in [0.25, 0.3) is 0 Å². The lowest BCUT2D eigenvalue weighted by atomic mass is 10.2. The molecule has 0 atom stereocenters. The Balaban J connectivity index is 0.000000327. The summed E-state index contributed by atoms with van der Waals surface area (Å²) in [5.74, 6) is 0.338. The van der Waals surface area contributed by atoms with Crippen molar-refractivity contribution in [3.05, 3.63) is 29.8 Å². The van der Waals surface area contributed by atoms with Gasteiger partial charge in [-0.25, -0.2) is 0 Å². The highest BCUT2D eigenvalue weighted by Crippen LogP contribution is 2.08. The van der Waals surface area contributed by atoms with E-state index >= 15 is 0 Å². The van der Waals surface area contributed by atoms with Gasteiger partial charge >= 0.3 is 0 Å². The Hall–Kier alpha value is -1.14. The van der Waals surface area contributed by atoms with E-state index in [9.17, 15) is 0 Å². The Morgan fingerprint density at radius 3 is 1.72 bits per heavy atom. The number of aryl methyl sites for hydroxylation is 1. The molecule has 0 radical (unpaired) electrons. The average molecular weight is 257 g/mol. The third-order valence-electron chi connectivity index (χ3n) is 2.25. The zero-order valence-electron chi connectivity index (χ0n) is 10.8. The lowest BCUT2D eigenvalue weighted by molar-refractivity contribution is 0.136. The minimum atomic E-state index is 0.0694. The van der Waals surface area contributed by atoms with E-state index in [4.69, 9.17) is 20.4 Å². The second-order valence-electron chi connectivity index (χ2n) is 3.85. The van der Waals surface area contributed by atoms with Gasteiger partial charge in [0.2, 0.25) is 0 Å². The molecular formula is C13H23NO4. The van der Waals surface area contributed by atoms with Crippen molar-refractivity contribution in [3.8, 4) is 5.75 Å². The highest BCUT2D eigenvalue weighted by Gasteiger charge is 2.00. The topological polar surface area (TPSA) is 84.2 Å². The number of phenols is 1. The van der Waals surface area contributed by atoms with Crippen LogP contribution in [0.25, 0.3) is 0 Å². The summed E-state index contributed by atoms with van der Waals surface area (Å²) in [7, 11) is 0. The predicted octanol–water partition coefficient (Wildman–Crippen LogP) is -0.0341. The largest absolute Gasteiger partial charge is 0.508 e. The molecule has 1 rings (SSSR count). The number of aliphatic hydroxyl groups excluding tert-OH is 3. The first-order valence-electron chi connectivity index (χ1n) is 5.94. The summed E-state index contributed by atoms with van der Waals surface area (Å²) in [5, 5.41) is 34.3. The average Bonchev–Trinajstić information content (AvgIpc) is 2.30. The van der Waals surface area contributed by atoms with E-state index in [0.29, 0.717) is 25.4 Å². The van der Waals surface area contributed by atoms with Crippen LogP contribution in [0.4, 0.5) is 0 Å². The number of hydrogen-bond acceptors (Lipinski definition) is 5. The van der Waals surface area contributed by atoms with Crippen molar-refractivity contribution in [2.75, 3.05) is 39.5 Å². The minimum absolute atomic E-state index is 0.0694. The van der Waals surface area contributed by atoms with E-state index in [1.165, 1.54) is 0 Å². The normalized spacial score (nSPS) is 10.1. The van der Waals surface area contributed by atoms with Crippen LogP contribution in [-0.4, -0.2) is 64.8 Å². The van der Waals surface area contributed by atoms with E-state index in [0.717, 1.165) is 5.56 Å². The Labute approximate surface area is 108 Å². The SMILES string of the molecule is Cc1cccc(O)c1.OCCN(CCO)CCO. The first kappa shape index (κ1) is 16.9. The second-order valence-corrected chi connectivity index (χ2v) is 3.85. The number of benzene rings is 1. The Kier molecular flexibility index (Phi) is 10.3. The molecule has 0 heterocycles. The van der Waals surface area contributed by atoms with Gasteiger partial charge < -0.3 is 20.4 Å². The summed E-state index contributed by atoms with van der Waals surface area (Å²) in [4.78, 5) is 1.79. The number of nitrogens with zero attached hydrogens (tertiary/aromatic N) is 1. The third-order valence-corrected chi connectivity index (χ3v) is 2.25. The summed E-state index contributed by atoms with van der Waals surface area (Å²) in [6, 6.07) is 7.15. The maximum atomic E-state index is 8.81. The molecule has 5 nitrogen and oxygen atoms in total. The molecule has 0 saturated carbocycles. The quantitative estimate of drug-likeness (QED) is 0.575. The van der Waals surface area contributed by atoms with Crippen LogP contribution in [0.5, 0.6) is 5.75 Å². The van der Waals surface area contributed by atoms with Crippen LogP contribution >= 0.6 is 0 Å². The van der Waals surface area contributed by atoms with Crippen LogP contribution in [0, 0.1) is 6.92 Å². The molecule has 104 valence electrons. The maximum Gasteiger partial charge on any atom is 0.115 e. The zero-order chi connectivity index (χ0) is 13.8. The van der Waals surface area contributed by atoms with Crippen LogP contribution in [0.1, 0.15) is 5.56 Å². The molecule has 18 heavy (non-hydrogen) atoms. The molecule has 1 aromatic rings. The van der Waals surface area contributed by atoms with Gasteiger partial charge in [0.1, 0.15) is 5.75 Å². The molecule has 0 aromatic heterocycles. The number of phenolic OH excluding ortho intramolecular Hbond substituents is 1. The summed E-state index contributed by atoms with van der Waals surface area (Å²) in [5.41, 5.74) is 1.09. The molecule has 4 N–H and O–H groups in total. The maximum absolute atomic E-state index is 8.81. The fraction of sp³-hybridized carbons (Fsp3) is 0.538. The van der Waals surface area contributed by atoms with Gasteiger partial charge in [0.15, 0.2) is 0 Å². The predicted molar refractivity (Wildman–Crippen MR) is 70.5 cm³/mol. The van der Waals surface area contributed by atoms with Gasteiger partial charge in [-0.05, 0) is 24.6 Å². The summed E-state index contributed by atoms with van der Waals surface area (Å²) in [6.45, 7) is 3.70. The fourth-order valence-electron chi connectivity index (χ4n) is 1.39. The molecule has 0 fully saturated rings. The Morgan fingerprint density at radius 1 is 0.944 bits per heavy atom. The number of aliphatic hydroxyl groups is 3. The van der Waals surface area contributed by atoms with Gasteiger partial charge in [-0.2, -0.15) is 0 Å². The van der Waals surface area contributed by atoms with Gasteiger partial charge in [-0.1, -0.05) is 12.1 Å². The molecule has 0 aliphatic carbocycles. The molecule has 0 spiro atoms. The van der Waals surface area contributed by atoms with E-state index in [-0.39, 0.29) is 19.8 Å². The number of rotatable bonds is 6. The minimum Gasteiger partial charge on any atom is -0.508 e. The molecule has 0 bridgehead atoms. The lowest BCUT2D eigenvalue weighted by Crippen LogP contribution is -2.32. The van der Waals surface area contributed by atoms with Crippen molar-refractivity contribution in [2.45, 2.75) is 6.92 Å². The molecule has 5 heteroatoms. The van der Waals surface area contributed by atoms with Crippen LogP contribution in [-0.2, 0) is 0 Å². The van der Waals surface area contributed by atoms with Crippen LogP contribution < -0.4 is 0 Å². The van der Waals surface area contributed by atoms with Gasteiger partial charge in [0, 0.05) is 19.6 Å². The van der Waals surface area contributed by atoms with Crippen molar-refractivity contribution in [2.24, 2.45) is 0 Å². The van der Waals surface area contributed by atoms with Crippen molar-refractivity contribution in [1.29, 1.82) is 0 Å². The van der Waals surface area contributed by atoms with Gasteiger partial charge in [-0.3, -0.25) is 4.90 Å². The Bertz CT molecular complexity index is 275. The summed E-state index contributed by atoms with van der Waals surface area (Å²) < 4.78 is 0. The van der Waals surface area contributed by atoms with Crippen molar-refractivity contribution < 1.29 is 20.4 Å². The molecule has 0 aliphatic heterocycles. The molecule has 0 saturated heterocycles. The van der Waals surface area contributed by atoms with Crippen molar-refractivity contribution >= 4 is 0 Å². The van der Waals surface area contributed by atoms with Crippen molar-refractivity contribution in [3.63, 3.8) is 0 Å². The third kappa shape index (κ3) is 8.95.